The van der Waals surface area contributed by atoms with Crippen LogP contribution < -0.4 is 10.6 Å². The highest BCUT2D eigenvalue weighted by molar-refractivity contribution is 9.10. The largest absolute Gasteiger partial charge is 0.351 e. The molecule has 104 valence electrons. The van der Waals surface area contributed by atoms with E-state index < -0.39 is 0 Å². The number of fused-ring (bicyclic) bond motifs is 1. The minimum Gasteiger partial charge on any atom is -0.351 e. The van der Waals surface area contributed by atoms with Gasteiger partial charge in [0, 0.05) is 27.8 Å². The van der Waals surface area contributed by atoms with Crippen molar-refractivity contribution in [3.8, 4) is 0 Å². The van der Waals surface area contributed by atoms with Gasteiger partial charge in [0.1, 0.15) is 0 Å². The van der Waals surface area contributed by atoms with Gasteiger partial charge in [-0.05, 0) is 33.1 Å². The van der Waals surface area contributed by atoms with Crippen molar-refractivity contribution in [1.29, 1.82) is 0 Å². The Morgan fingerprint density at radius 1 is 1.45 bits per heavy atom. The number of halogens is 1. The second-order valence-electron chi connectivity index (χ2n) is 4.83. The van der Waals surface area contributed by atoms with E-state index in [0.29, 0.717) is 13.1 Å². The zero-order chi connectivity index (χ0) is 13.9. The molecule has 0 saturated heterocycles. The fourth-order valence-electron chi connectivity index (χ4n) is 2.47. The topological polar surface area (TPSA) is 41.1 Å². The predicted octanol–water partition coefficient (Wildman–Crippen LogP) is 3.01. The summed E-state index contributed by atoms with van der Waals surface area (Å²) >= 11 is 5.07. The van der Waals surface area contributed by atoms with E-state index >= 15 is 0 Å². The average Bonchev–Trinajstić information content (AvgIpc) is 2.90. The first-order valence-corrected chi connectivity index (χ1v) is 8.20. The first kappa shape index (κ1) is 13.8. The Morgan fingerprint density at radius 2 is 2.30 bits per heavy atom. The van der Waals surface area contributed by atoms with Crippen LogP contribution in [0.4, 0.5) is 0 Å². The molecular weight excluding hydrogens is 336 g/mol. The SMILES string of the molecule is O=C(NCc1cc(Br)cs1)C1CNCc2ccccc21. The molecular formula is C15H15BrN2OS. The molecule has 0 radical (unpaired) electrons. The third-order valence-electron chi connectivity index (χ3n) is 3.47. The van der Waals surface area contributed by atoms with Gasteiger partial charge < -0.3 is 10.6 Å². The number of benzene rings is 1. The van der Waals surface area contributed by atoms with E-state index in [1.807, 2.05) is 23.6 Å². The Bertz CT molecular complexity index is 626. The predicted molar refractivity (Wildman–Crippen MR) is 84.8 cm³/mol. The van der Waals surface area contributed by atoms with Crippen molar-refractivity contribution in [3.63, 3.8) is 0 Å². The van der Waals surface area contributed by atoms with Gasteiger partial charge in [0.25, 0.3) is 0 Å². The molecule has 1 aliphatic heterocycles. The molecule has 1 amide bonds. The fraction of sp³-hybridized carbons (Fsp3) is 0.267. The van der Waals surface area contributed by atoms with Crippen LogP contribution >= 0.6 is 27.3 Å². The van der Waals surface area contributed by atoms with E-state index in [-0.39, 0.29) is 11.8 Å². The van der Waals surface area contributed by atoms with Crippen molar-refractivity contribution in [2.75, 3.05) is 6.54 Å². The molecule has 0 saturated carbocycles. The summed E-state index contributed by atoms with van der Waals surface area (Å²) in [6.45, 7) is 2.14. The molecule has 1 aromatic carbocycles. The van der Waals surface area contributed by atoms with Crippen LogP contribution in [-0.4, -0.2) is 12.5 Å². The van der Waals surface area contributed by atoms with Crippen LogP contribution in [0.1, 0.15) is 21.9 Å². The minimum atomic E-state index is -0.0941. The van der Waals surface area contributed by atoms with Gasteiger partial charge in [-0.1, -0.05) is 24.3 Å². The third-order valence-corrected chi connectivity index (χ3v) is 5.17. The van der Waals surface area contributed by atoms with Crippen LogP contribution in [0.25, 0.3) is 0 Å². The highest BCUT2D eigenvalue weighted by Gasteiger charge is 2.25. The molecule has 0 fully saturated rings. The minimum absolute atomic E-state index is 0.0918. The summed E-state index contributed by atoms with van der Waals surface area (Å²) in [4.78, 5) is 13.5. The summed E-state index contributed by atoms with van der Waals surface area (Å²) in [6, 6.07) is 10.2. The van der Waals surface area contributed by atoms with Crippen molar-refractivity contribution in [1.82, 2.24) is 10.6 Å². The van der Waals surface area contributed by atoms with Crippen LogP contribution in [0, 0.1) is 0 Å². The van der Waals surface area contributed by atoms with Crippen LogP contribution in [0.15, 0.2) is 40.2 Å². The maximum Gasteiger partial charge on any atom is 0.229 e. The molecule has 1 atom stereocenters. The van der Waals surface area contributed by atoms with Crippen LogP contribution in [0.2, 0.25) is 0 Å². The highest BCUT2D eigenvalue weighted by Crippen LogP contribution is 2.24. The number of nitrogens with one attached hydrogen (secondary N) is 2. The number of carbonyl (C=O) groups is 1. The normalized spacial score (nSPS) is 17.6. The lowest BCUT2D eigenvalue weighted by molar-refractivity contribution is -0.122. The molecule has 5 heteroatoms. The lowest BCUT2D eigenvalue weighted by Gasteiger charge is -2.25. The third kappa shape index (κ3) is 2.95. The van der Waals surface area contributed by atoms with Gasteiger partial charge in [-0.2, -0.15) is 0 Å². The number of amides is 1. The first-order valence-electron chi connectivity index (χ1n) is 6.53. The zero-order valence-electron chi connectivity index (χ0n) is 10.9. The summed E-state index contributed by atoms with van der Waals surface area (Å²) in [5, 5.41) is 8.37. The Hall–Kier alpha value is -1.17. The highest BCUT2D eigenvalue weighted by atomic mass is 79.9. The van der Waals surface area contributed by atoms with E-state index in [0.717, 1.165) is 21.5 Å². The second kappa shape index (κ2) is 6.08. The monoisotopic (exact) mass is 350 g/mol. The molecule has 2 aromatic rings. The Labute approximate surface area is 130 Å². The van der Waals surface area contributed by atoms with Crippen LogP contribution in [0.3, 0.4) is 0 Å². The van der Waals surface area contributed by atoms with Crippen LogP contribution in [-0.2, 0) is 17.9 Å². The number of hydrogen-bond acceptors (Lipinski definition) is 3. The first-order chi connectivity index (χ1) is 9.74. The maximum absolute atomic E-state index is 12.4. The Kier molecular flexibility index (Phi) is 4.19. The number of hydrogen-bond donors (Lipinski definition) is 2. The molecule has 0 bridgehead atoms. The molecule has 1 aliphatic rings. The summed E-state index contributed by atoms with van der Waals surface area (Å²) < 4.78 is 1.07. The van der Waals surface area contributed by atoms with Gasteiger partial charge in [-0.25, -0.2) is 0 Å². The smallest absolute Gasteiger partial charge is 0.229 e. The molecule has 2 heterocycles. The van der Waals surface area contributed by atoms with Crippen molar-refractivity contribution in [3.05, 3.63) is 56.2 Å². The summed E-state index contributed by atoms with van der Waals surface area (Å²) in [7, 11) is 0. The van der Waals surface area contributed by atoms with E-state index in [1.165, 1.54) is 5.56 Å². The van der Waals surface area contributed by atoms with Gasteiger partial charge in [-0.3, -0.25) is 4.79 Å². The number of carbonyl (C=O) groups excluding carboxylic acids is 1. The standard InChI is InChI=1S/C15H15BrN2OS/c16-11-5-12(20-9-11)7-18-15(19)14-8-17-6-10-3-1-2-4-13(10)14/h1-5,9,14,17H,6-8H2,(H,18,19). The van der Waals surface area contributed by atoms with E-state index in [1.54, 1.807) is 11.3 Å². The summed E-state index contributed by atoms with van der Waals surface area (Å²) in [6.07, 6.45) is 0. The summed E-state index contributed by atoms with van der Waals surface area (Å²) in [5.74, 6) is -0.00229. The summed E-state index contributed by atoms with van der Waals surface area (Å²) in [5.41, 5.74) is 2.37. The lowest BCUT2D eigenvalue weighted by Crippen LogP contribution is -2.38. The van der Waals surface area contributed by atoms with Crippen LogP contribution in [0.5, 0.6) is 0 Å². The Balaban J connectivity index is 1.69. The molecule has 3 rings (SSSR count). The molecule has 0 spiro atoms. The van der Waals surface area contributed by atoms with Crippen molar-refractivity contribution in [2.45, 2.75) is 19.0 Å². The number of thiophene rings is 1. The van der Waals surface area contributed by atoms with E-state index in [2.05, 4.69) is 38.7 Å². The van der Waals surface area contributed by atoms with Crippen molar-refractivity contribution < 1.29 is 4.79 Å². The number of rotatable bonds is 3. The molecule has 1 unspecified atom stereocenters. The molecule has 3 nitrogen and oxygen atoms in total. The quantitative estimate of drug-likeness (QED) is 0.893. The lowest BCUT2D eigenvalue weighted by atomic mass is 9.90. The van der Waals surface area contributed by atoms with Gasteiger partial charge in [-0.15, -0.1) is 11.3 Å². The van der Waals surface area contributed by atoms with E-state index in [4.69, 9.17) is 0 Å². The molecule has 20 heavy (non-hydrogen) atoms. The zero-order valence-corrected chi connectivity index (χ0v) is 13.3. The molecule has 2 N–H and O–H groups in total. The van der Waals surface area contributed by atoms with Gasteiger partial charge >= 0.3 is 0 Å². The van der Waals surface area contributed by atoms with E-state index in [9.17, 15) is 4.79 Å². The second-order valence-corrected chi connectivity index (χ2v) is 6.74. The Morgan fingerprint density at radius 3 is 3.10 bits per heavy atom. The van der Waals surface area contributed by atoms with Gasteiger partial charge in [0.2, 0.25) is 5.91 Å². The van der Waals surface area contributed by atoms with Crippen molar-refractivity contribution >= 4 is 33.2 Å². The van der Waals surface area contributed by atoms with Gasteiger partial charge in [0.05, 0.1) is 12.5 Å². The average molecular weight is 351 g/mol. The van der Waals surface area contributed by atoms with Gasteiger partial charge in [0.15, 0.2) is 0 Å². The maximum atomic E-state index is 12.4. The van der Waals surface area contributed by atoms with Crippen molar-refractivity contribution in [2.24, 2.45) is 0 Å². The molecule has 0 aliphatic carbocycles. The fourth-order valence-corrected chi connectivity index (χ4v) is 3.86. The molecule has 1 aromatic heterocycles.